The lowest BCUT2D eigenvalue weighted by atomic mass is 10.0. The molecule has 1 aromatic rings. The van der Waals surface area contributed by atoms with Crippen LogP contribution in [-0.2, 0) is 9.53 Å². The Labute approximate surface area is 160 Å². The molecule has 1 amide bonds. The highest BCUT2D eigenvalue weighted by Crippen LogP contribution is 2.17. The van der Waals surface area contributed by atoms with Crippen molar-refractivity contribution in [1.82, 2.24) is 10.2 Å². The molecule has 0 aromatic heterocycles. The summed E-state index contributed by atoms with van der Waals surface area (Å²) in [6.07, 6.45) is 0. The van der Waals surface area contributed by atoms with Gasteiger partial charge in [0.25, 0.3) is 0 Å². The summed E-state index contributed by atoms with van der Waals surface area (Å²) >= 11 is 1.58. The lowest BCUT2D eigenvalue weighted by Gasteiger charge is -2.40. The Morgan fingerprint density at radius 1 is 1.23 bits per heavy atom. The quantitative estimate of drug-likeness (QED) is 0.625. The minimum absolute atomic E-state index is 0.0540. The van der Waals surface area contributed by atoms with E-state index < -0.39 is 0 Å². The second kappa shape index (κ2) is 10.6. The van der Waals surface area contributed by atoms with Gasteiger partial charge in [0.15, 0.2) is 0 Å². The number of thioether (sulfide) groups is 1. The summed E-state index contributed by atoms with van der Waals surface area (Å²) in [5.41, 5.74) is -0.0540. The highest BCUT2D eigenvalue weighted by atomic mass is 32.2. The summed E-state index contributed by atoms with van der Waals surface area (Å²) in [4.78, 5) is 14.4. The Balaban J connectivity index is 1.56. The second-order valence-corrected chi connectivity index (χ2v) is 7.87. The van der Waals surface area contributed by atoms with Crippen LogP contribution in [0.1, 0.15) is 13.8 Å². The molecule has 0 radical (unpaired) electrons. The van der Waals surface area contributed by atoms with Crippen LogP contribution in [0.3, 0.4) is 0 Å². The van der Waals surface area contributed by atoms with Crippen LogP contribution in [0, 0.1) is 0 Å². The number of nitrogens with zero attached hydrogens (tertiary/aromatic N) is 1. The Hall–Kier alpha value is -1.44. The molecule has 6 nitrogen and oxygen atoms in total. The third-order valence-electron chi connectivity index (χ3n) is 4.37. The van der Waals surface area contributed by atoms with Crippen LogP contribution in [-0.4, -0.2) is 74.4 Å². The van der Waals surface area contributed by atoms with Gasteiger partial charge < -0.3 is 19.5 Å². The van der Waals surface area contributed by atoms with Crippen molar-refractivity contribution >= 4 is 17.7 Å². The molecule has 7 heteroatoms. The first-order valence-corrected chi connectivity index (χ1v) is 10.1. The molecule has 2 rings (SSSR count). The number of carbonyl (C=O) groups excluding carboxylic acids is 1. The van der Waals surface area contributed by atoms with Crippen molar-refractivity contribution in [3.8, 4) is 11.5 Å². The van der Waals surface area contributed by atoms with Crippen LogP contribution < -0.4 is 14.8 Å². The van der Waals surface area contributed by atoms with E-state index in [0.29, 0.717) is 18.9 Å². The molecular weight excluding hydrogens is 352 g/mol. The van der Waals surface area contributed by atoms with E-state index in [1.807, 2.05) is 24.3 Å². The van der Waals surface area contributed by atoms with Crippen molar-refractivity contribution in [3.63, 3.8) is 0 Å². The number of rotatable bonds is 10. The molecule has 146 valence electrons. The highest BCUT2D eigenvalue weighted by Gasteiger charge is 2.28. The number of hydrogen-bond donors (Lipinski definition) is 1. The molecule has 26 heavy (non-hydrogen) atoms. The normalized spacial score (nSPS) is 15.5. The highest BCUT2D eigenvalue weighted by molar-refractivity contribution is 7.99. The molecule has 0 saturated carbocycles. The number of amides is 1. The zero-order valence-electron chi connectivity index (χ0n) is 16.0. The summed E-state index contributed by atoms with van der Waals surface area (Å²) in [5, 5.41) is 3.04. The number of nitrogens with one attached hydrogen (secondary N) is 1. The van der Waals surface area contributed by atoms with Crippen molar-refractivity contribution in [1.29, 1.82) is 0 Å². The number of hydrogen-bond acceptors (Lipinski definition) is 6. The van der Waals surface area contributed by atoms with Crippen molar-refractivity contribution in [2.45, 2.75) is 19.4 Å². The maximum Gasteiger partial charge on any atom is 0.230 e. The van der Waals surface area contributed by atoms with Gasteiger partial charge in [-0.15, -0.1) is 11.8 Å². The van der Waals surface area contributed by atoms with Gasteiger partial charge in [-0.05, 0) is 38.1 Å². The maximum atomic E-state index is 12.0. The third kappa shape index (κ3) is 7.05. The fourth-order valence-corrected chi connectivity index (χ4v) is 3.33. The van der Waals surface area contributed by atoms with Gasteiger partial charge in [0.1, 0.15) is 11.5 Å². The summed E-state index contributed by atoms with van der Waals surface area (Å²) in [6.45, 7) is 8.91. The van der Waals surface area contributed by atoms with Crippen LogP contribution in [0.2, 0.25) is 0 Å². The lowest BCUT2D eigenvalue weighted by Crippen LogP contribution is -2.55. The predicted octanol–water partition coefficient (Wildman–Crippen LogP) is 2.03. The van der Waals surface area contributed by atoms with E-state index >= 15 is 0 Å². The zero-order chi connectivity index (χ0) is 18.8. The van der Waals surface area contributed by atoms with E-state index in [1.165, 1.54) is 0 Å². The first-order chi connectivity index (χ1) is 12.5. The molecule has 1 fully saturated rings. The molecule has 0 atom stereocenters. The van der Waals surface area contributed by atoms with Crippen molar-refractivity contribution in [2.24, 2.45) is 0 Å². The predicted molar refractivity (Wildman–Crippen MR) is 105 cm³/mol. The van der Waals surface area contributed by atoms with Gasteiger partial charge in [-0.1, -0.05) is 0 Å². The van der Waals surface area contributed by atoms with E-state index in [-0.39, 0.29) is 11.4 Å². The number of carbonyl (C=O) groups is 1. The molecule has 0 aliphatic carbocycles. The minimum Gasteiger partial charge on any atom is -0.497 e. The topological polar surface area (TPSA) is 60.0 Å². The summed E-state index contributed by atoms with van der Waals surface area (Å²) in [5.74, 6) is 2.91. The minimum atomic E-state index is -0.0540. The third-order valence-corrected chi connectivity index (χ3v) is 5.30. The van der Waals surface area contributed by atoms with E-state index in [0.717, 1.165) is 43.6 Å². The van der Waals surface area contributed by atoms with Gasteiger partial charge in [-0.25, -0.2) is 0 Å². The van der Waals surface area contributed by atoms with Crippen LogP contribution in [0.4, 0.5) is 0 Å². The van der Waals surface area contributed by atoms with Crippen molar-refractivity contribution in [2.75, 3.05) is 58.1 Å². The Kier molecular flexibility index (Phi) is 8.54. The Morgan fingerprint density at radius 3 is 2.54 bits per heavy atom. The molecule has 0 bridgehead atoms. The summed E-state index contributed by atoms with van der Waals surface area (Å²) in [6, 6.07) is 7.49. The molecule has 1 aromatic carbocycles. The number of ether oxygens (including phenoxy) is 3. The van der Waals surface area contributed by atoms with E-state index in [9.17, 15) is 4.79 Å². The molecule has 1 aliphatic heterocycles. The van der Waals surface area contributed by atoms with Crippen LogP contribution in [0.5, 0.6) is 11.5 Å². The molecule has 1 N–H and O–H groups in total. The molecule has 0 unspecified atom stereocenters. The first-order valence-electron chi connectivity index (χ1n) is 8.95. The monoisotopic (exact) mass is 382 g/mol. The van der Waals surface area contributed by atoms with Gasteiger partial charge in [0.05, 0.1) is 32.7 Å². The van der Waals surface area contributed by atoms with Crippen LogP contribution in [0.25, 0.3) is 0 Å². The van der Waals surface area contributed by atoms with Crippen LogP contribution in [0.15, 0.2) is 24.3 Å². The van der Waals surface area contributed by atoms with Crippen molar-refractivity contribution < 1.29 is 19.0 Å². The molecule has 1 heterocycles. The number of methoxy groups -OCH3 is 1. The molecule has 1 aliphatic rings. The maximum absolute atomic E-state index is 12.0. The van der Waals surface area contributed by atoms with Gasteiger partial charge in [-0.2, -0.15) is 0 Å². The SMILES string of the molecule is COc1ccc(OCCSCC(=O)NCC(C)(C)N2CCOCC2)cc1. The van der Waals surface area contributed by atoms with Gasteiger partial charge in [0.2, 0.25) is 5.91 Å². The lowest BCUT2D eigenvalue weighted by molar-refractivity contribution is -0.119. The van der Waals surface area contributed by atoms with E-state index in [2.05, 4.69) is 24.1 Å². The fourth-order valence-electron chi connectivity index (χ4n) is 2.70. The molecule has 1 saturated heterocycles. The first kappa shape index (κ1) is 20.9. The average molecular weight is 383 g/mol. The van der Waals surface area contributed by atoms with E-state index in [4.69, 9.17) is 14.2 Å². The number of benzene rings is 1. The second-order valence-electron chi connectivity index (χ2n) is 6.77. The standard InChI is InChI=1S/C19H30N2O4S/c1-19(2,21-8-10-24-11-9-21)15-20-18(22)14-26-13-12-25-17-6-4-16(23-3)5-7-17/h4-7H,8-15H2,1-3H3,(H,20,22). The van der Waals surface area contributed by atoms with Crippen LogP contribution >= 0.6 is 11.8 Å². The van der Waals surface area contributed by atoms with E-state index in [1.54, 1.807) is 18.9 Å². The fraction of sp³-hybridized carbons (Fsp3) is 0.632. The summed E-state index contributed by atoms with van der Waals surface area (Å²) in [7, 11) is 1.64. The Bertz CT molecular complexity index is 545. The largest absolute Gasteiger partial charge is 0.497 e. The molecular formula is C19H30N2O4S. The Morgan fingerprint density at radius 2 is 1.88 bits per heavy atom. The van der Waals surface area contributed by atoms with Crippen molar-refractivity contribution in [3.05, 3.63) is 24.3 Å². The van der Waals surface area contributed by atoms with Gasteiger partial charge in [-0.3, -0.25) is 9.69 Å². The average Bonchev–Trinajstić information content (AvgIpc) is 2.67. The molecule has 0 spiro atoms. The summed E-state index contributed by atoms with van der Waals surface area (Å²) < 4.78 is 16.2. The smallest absolute Gasteiger partial charge is 0.230 e. The zero-order valence-corrected chi connectivity index (χ0v) is 16.8. The van der Waals surface area contributed by atoms with Gasteiger partial charge >= 0.3 is 0 Å². The van der Waals surface area contributed by atoms with Gasteiger partial charge in [0, 0.05) is 30.9 Å². The number of morpholine rings is 1.